The minimum Gasteiger partial charge on any atom is -0.367 e. The van der Waals surface area contributed by atoms with Gasteiger partial charge in [-0.25, -0.2) is 0 Å². The van der Waals surface area contributed by atoms with Gasteiger partial charge in [-0.2, -0.15) is 0 Å². The molecule has 1 fully saturated rings. The van der Waals surface area contributed by atoms with Gasteiger partial charge in [-0.05, 0) is 39.3 Å². The first-order valence-electron chi connectivity index (χ1n) is 6.87. The van der Waals surface area contributed by atoms with Crippen LogP contribution in [-0.2, 0) is 17.8 Å². The molecule has 19 heavy (non-hydrogen) atoms. The molecule has 1 aromatic heterocycles. The van der Waals surface area contributed by atoms with Crippen molar-refractivity contribution < 1.29 is 4.74 Å². The second kappa shape index (κ2) is 5.19. The van der Waals surface area contributed by atoms with Crippen LogP contribution in [0.4, 0.5) is 0 Å². The van der Waals surface area contributed by atoms with Gasteiger partial charge in [0.25, 0.3) is 0 Å². The highest BCUT2D eigenvalue weighted by molar-refractivity contribution is 5.19. The maximum absolute atomic E-state index is 6.10. The molecule has 0 bridgehead atoms. The molecule has 1 aliphatic heterocycles. The zero-order chi connectivity index (χ0) is 14.1. The smallest absolute Gasteiger partial charge is 0.0760 e. The molecular formula is C15H25N3O. The summed E-state index contributed by atoms with van der Waals surface area (Å²) in [5.41, 5.74) is 7.73. The zero-order valence-corrected chi connectivity index (χ0v) is 12.4. The van der Waals surface area contributed by atoms with Crippen molar-refractivity contribution in [2.75, 3.05) is 13.1 Å². The lowest BCUT2D eigenvalue weighted by Gasteiger charge is -2.47. The molecule has 1 saturated heterocycles. The SMILES string of the molecule is CC1(C)CN(Cc2cccnc2CN)CC(C)(C)O1. The zero-order valence-electron chi connectivity index (χ0n) is 12.4. The molecule has 0 amide bonds. The first-order valence-corrected chi connectivity index (χ1v) is 6.87. The molecule has 2 heterocycles. The summed E-state index contributed by atoms with van der Waals surface area (Å²) in [6.07, 6.45) is 1.80. The molecule has 2 rings (SSSR count). The van der Waals surface area contributed by atoms with E-state index in [0.29, 0.717) is 6.54 Å². The molecule has 1 aromatic rings. The third-order valence-electron chi connectivity index (χ3n) is 3.33. The van der Waals surface area contributed by atoms with Crippen LogP contribution in [0.25, 0.3) is 0 Å². The Labute approximate surface area is 116 Å². The standard InChI is InChI=1S/C15H25N3O/c1-14(2)10-18(11-15(3,4)19-14)9-12-6-5-7-17-13(12)8-16/h5-7H,8-11,16H2,1-4H3. The maximum atomic E-state index is 6.10. The van der Waals surface area contributed by atoms with Crippen molar-refractivity contribution in [3.63, 3.8) is 0 Å². The molecule has 0 saturated carbocycles. The van der Waals surface area contributed by atoms with Gasteiger partial charge in [0.2, 0.25) is 0 Å². The lowest BCUT2D eigenvalue weighted by atomic mass is 9.98. The molecule has 2 N–H and O–H groups in total. The van der Waals surface area contributed by atoms with Gasteiger partial charge in [-0.15, -0.1) is 0 Å². The second-order valence-electron chi connectivity index (χ2n) is 6.58. The van der Waals surface area contributed by atoms with E-state index < -0.39 is 0 Å². The topological polar surface area (TPSA) is 51.4 Å². The van der Waals surface area contributed by atoms with Crippen molar-refractivity contribution in [2.45, 2.75) is 52.0 Å². The van der Waals surface area contributed by atoms with E-state index in [-0.39, 0.29) is 11.2 Å². The lowest BCUT2D eigenvalue weighted by Crippen LogP contribution is -2.56. The largest absolute Gasteiger partial charge is 0.367 e. The average molecular weight is 263 g/mol. The van der Waals surface area contributed by atoms with Gasteiger partial charge in [0.1, 0.15) is 0 Å². The number of pyridine rings is 1. The van der Waals surface area contributed by atoms with E-state index >= 15 is 0 Å². The molecular weight excluding hydrogens is 238 g/mol. The molecule has 4 heteroatoms. The second-order valence-corrected chi connectivity index (χ2v) is 6.58. The minimum atomic E-state index is -0.118. The number of nitrogens with two attached hydrogens (primary N) is 1. The van der Waals surface area contributed by atoms with Gasteiger partial charge >= 0.3 is 0 Å². The predicted octanol–water partition coefficient (Wildman–Crippen LogP) is 1.93. The Morgan fingerprint density at radius 1 is 1.26 bits per heavy atom. The fraction of sp³-hybridized carbons (Fsp3) is 0.667. The molecule has 0 atom stereocenters. The minimum absolute atomic E-state index is 0.118. The van der Waals surface area contributed by atoms with Crippen LogP contribution in [0.2, 0.25) is 0 Å². The van der Waals surface area contributed by atoms with E-state index in [4.69, 9.17) is 10.5 Å². The van der Waals surface area contributed by atoms with E-state index in [2.05, 4.69) is 43.6 Å². The van der Waals surface area contributed by atoms with Crippen LogP contribution in [-0.4, -0.2) is 34.2 Å². The van der Waals surface area contributed by atoms with Crippen LogP contribution in [0.1, 0.15) is 39.0 Å². The summed E-state index contributed by atoms with van der Waals surface area (Å²) >= 11 is 0. The summed E-state index contributed by atoms with van der Waals surface area (Å²) in [7, 11) is 0. The average Bonchev–Trinajstić information content (AvgIpc) is 2.25. The fourth-order valence-electron chi connectivity index (χ4n) is 3.10. The fourth-order valence-corrected chi connectivity index (χ4v) is 3.10. The molecule has 0 unspecified atom stereocenters. The summed E-state index contributed by atoms with van der Waals surface area (Å²) in [6, 6.07) is 4.09. The van der Waals surface area contributed by atoms with Crippen molar-refractivity contribution in [2.24, 2.45) is 5.73 Å². The van der Waals surface area contributed by atoms with Gasteiger partial charge in [0.05, 0.1) is 16.9 Å². The molecule has 0 radical (unpaired) electrons. The number of aromatic nitrogens is 1. The van der Waals surface area contributed by atoms with Crippen molar-refractivity contribution in [1.29, 1.82) is 0 Å². The number of hydrogen-bond donors (Lipinski definition) is 1. The van der Waals surface area contributed by atoms with Crippen molar-refractivity contribution in [1.82, 2.24) is 9.88 Å². The normalized spacial score (nSPS) is 22.4. The number of nitrogens with zero attached hydrogens (tertiary/aromatic N) is 2. The predicted molar refractivity (Wildman–Crippen MR) is 76.6 cm³/mol. The number of morpholine rings is 1. The number of hydrogen-bond acceptors (Lipinski definition) is 4. The van der Waals surface area contributed by atoms with E-state index in [1.54, 1.807) is 6.20 Å². The number of rotatable bonds is 3. The Morgan fingerprint density at radius 3 is 2.47 bits per heavy atom. The highest BCUT2D eigenvalue weighted by Gasteiger charge is 2.38. The van der Waals surface area contributed by atoms with Gasteiger partial charge < -0.3 is 10.5 Å². The monoisotopic (exact) mass is 263 g/mol. The summed E-state index contributed by atoms with van der Waals surface area (Å²) in [5, 5.41) is 0. The number of ether oxygens (including phenoxy) is 1. The summed E-state index contributed by atoms with van der Waals surface area (Å²) < 4.78 is 6.10. The highest BCUT2D eigenvalue weighted by atomic mass is 16.5. The van der Waals surface area contributed by atoms with E-state index in [1.807, 2.05) is 6.07 Å². The van der Waals surface area contributed by atoms with Crippen LogP contribution in [0.15, 0.2) is 18.3 Å². The Bertz CT molecular complexity index is 427. The molecule has 1 aliphatic rings. The van der Waals surface area contributed by atoms with Gasteiger partial charge in [-0.1, -0.05) is 6.07 Å². The van der Waals surface area contributed by atoms with Crippen LogP contribution in [0.5, 0.6) is 0 Å². The van der Waals surface area contributed by atoms with Crippen LogP contribution < -0.4 is 5.73 Å². The van der Waals surface area contributed by atoms with E-state index in [0.717, 1.165) is 25.3 Å². The van der Waals surface area contributed by atoms with Crippen molar-refractivity contribution in [3.05, 3.63) is 29.6 Å². The lowest BCUT2D eigenvalue weighted by molar-refractivity contribution is -0.182. The van der Waals surface area contributed by atoms with E-state index in [9.17, 15) is 0 Å². The third kappa shape index (κ3) is 3.75. The summed E-state index contributed by atoms with van der Waals surface area (Å²) in [6.45, 7) is 11.8. The Hall–Kier alpha value is -0.970. The first-order chi connectivity index (χ1) is 8.81. The molecule has 4 nitrogen and oxygen atoms in total. The van der Waals surface area contributed by atoms with Gasteiger partial charge in [0.15, 0.2) is 0 Å². The summed E-state index contributed by atoms with van der Waals surface area (Å²) in [4.78, 5) is 6.78. The molecule has 0 aliphatic carbocycles. The van der Waals surface area contributed by atoms with Crippen LogP contribution >= 0.6 is 0 Å². The maximum Gasteiger partial charge on any atom is 0.0760 e. The molecule has 106 valence electrons. The third-order valence-corrected chi connectivity index (χ3v) is 3.33. The van der Waals surface area contributed by atoms with Gasteiger partial charge in [0, 0.05) is 32.4 Å². The Kier molecular flexibility index (Phi) is 3.95. The van der Waals surface area contributed by atoms with Crippen LogP contribution in [0.3, 0.4) is 0 Å². The molecule has 0 spiro atoms. The molecule has 0 aromatic carbocycles. The summed E-state index contributed by atoms with van der Waals surface area (Å²) in [5.74, 6) is 0. The Morgan fingerprint density at radius 2 is 1.89 bits per heavy atom. The highest BCUT2D eigenvalue weighted by Crippen LogP contribution is 2.29. The van der Waals surface area contributed by atoms with Crippen molar-refractivity contribution in [3.8, 4) is 0 Å². The Balaban J connectivity index is 2.14. The quantitative estimate of drug-likeness (QED) is 0.905. The van der Waals surface area contributed by atoms with Gasteiger partial charge in [-0.3, -0.25) is 9.88 Å². The van der Waals surface area contributed by atoms with E-state index in [1.165, 1.54) is 5.56 Å². The van der Waals surface area contributed by atoms with Crippen molar-refractivity contribution >= 4 is 0 Å². The van der Waals surface area contributed by atoms with Crippen LogP contribution in [0, 0.1) is 0 Å². The first kappa shape index (κ1) is 14.4.